The number of amides is 2. The smallest absolute Gasteiger partial charge is 0.236 e. The molecule has 0 spiro atoms. The Morgan fingerprint density at radius 3 is 2.81 bits per heavy atom. The summed E-state index contributed by atoms with van der Waals surface area (Å²) in [6.45, 7) is 1.17. The van der Waals surface area contributed by atoms with Gasteiger partial charge in [-0.2, -0.15) is 0 Å². The number of rotatable bonds is 5. The maximum Gasteiger partial charge on any atom is 0.236 e. The van der Waals surface area contributed by atoms with E-state index in [1.165, 1.54) is 16.5 Å². The Labute approximate surface area is 152 Å². The molecule has 26 heavy (non-hydrogen) atoms. The molecule has 0 atom stereocenters. The lowest BCUT2D eigenvalue weighted by molar-refractivity contribution is -0.127. The number of carbonyl (C=O) groups excluding carboxylic acids is 2. The zero-order chi connectivity index (χ0) is 17.9. The number of hydrogen-bond acceptors (Lipinski definition) is 2. The van der Waals surface area contributed by atoms with E-state index < -0.39 is 0 Å². The van der Waals surface area contributed by atoms with Crippen LogP contribution in [0.4, 0.5) is 5.69 Å². The quantitative estimate of drug-likeness (QED) is 0.697. The highest BCUT2D eigenvalue weighted by Crippen LogP contribution is 2.27. The van der Waals surface area contributed by atoms with Gasteiger partial charge in [-0.3, -0.25) is 9.59 Å². The highest BCUT2D eigenvalue weighted by atomic mass is 16.2. The molecule has 2 amide bonds. The average molecular weight is 347 g/mol. The van der Waals surface area contributed by atoms with E-state index in [1.54, 1.807) is 4.90 Å². The Morgan fingerprint density at radius 2 is 1.88 bits per heavy atom. The van der Waals surface area contributed by atoms with Crippen molar-refractivity contribution in [2.75, 3.05) is 18.0 Å². The van der Waals surface area contributed by atoms with Crippen molar-refractivity contribution in [3.05, 3.63) is 65.9 Å². The number of fused-ring (bicyclic) bond motifs is 2. The molecule has 1 aliphatic heterocycles. The molecule has 1 aliphatic rings. The Bertz CT molecular complexity index is 961. The van der Waals surface area contributed by atoms with Crippen LogP contribution in [0.15, 0.2) is 54.7 Å². The third-order valence-corrected chi connectivity index (χ3v) is 4.89. The van der Waals surface area contributed by atoms with Gasteiger partial charge < -0.3 is 15.2 Å². The molecule has 2 heterocycles. The number of aromatic amines is 1. The van der Waals surface area contributed by atoms with Crippen molar-refractivity contribution >= 4 is 28.4 Å². The van der Waals surface area contributed by atoms with Crippen molar-refractivity contribution in [2.24, 2.45) is 0 Å². The number of H-pyrrole nitrogens is 1. The highest BCUT2D eigenvalue weighted by molar-refractivity contribution is 6.06. The maximum absolute atomic E-state index is 12.4. The summed E-state index contributed by atoms with van der Waals surface area (Å²) in [6.07, 6.45) is 3.45. The van der Waals surface area contributed by atoms with E-state index in [1.807, 2.05) is 48.7 Å². The van der Waals surface area contributed by atoms with Crippen LogP contribution in [-0.4, -0.2) is 29.9 Å². The van der Waals surface area contributed by atoms with Gasteiger partial charge in [0.2, 0.25) is 11.8 Å². The lowest BCUT2D eigenvalue weighted by Gasteiger charge is -2.17. The molecule has 5 nitrogen and oxygen atoms in total. The highest BCUT2D eigenvalue weighted by Gasteiger charge is 2.25. The molecule has 3 aromatic rings. The van der Waals surface area contributed by atoms with Gasteiger partial charge in [0.15, 0.2) is 0 Å². The fourth-order valence-corrected chi connectivity index (χ4v) is 3.57. The van der Waals surface area contributed by atoms with E-state index in [9.17, 15) is 9.59 Å². The molecule has 0 saturated carbocycles. The van der Waals surface area contributed by atoms with Gasteiger partial charge in [0.05, 0.1) is 0 Å². The predicted octanol–water partition coefficient (Wildman–Crippen LogP) is 2.81. The summed E-state index contributed by atoms with van der Waals surface area (Å²) >= 11 is 0. The monoisotopic (exact) mass is 347 g/mol. The zero-order valence-electron chi connectivity index (χ0n) is 14.5. The normalized spacial score (nSPS) is 13.0. The van der Waals surface area contributed by atoms with Crippen molar-refractivity contribution in [1.29, 1.82) is 0 Å². The van der Waals surface area contributed by atoms with Gasteiger partial charge in [-0.05, 0) is 36.1 Å². The van der Waals surface area contributed by atoms with Crippen LogP contribution in [0, 0.1) is 0 Å². The first-order chi connectivity index (χ1) is 12.7. The van der Waals surface area contributed by atoms with Crippen LogP contribution >= 0.6 is 0 Å². The number of hydrogen-bond donors (Lipinski definition) is 2. The van der Waals surface area contributed by atoms with Crippen molar-refractivity contribution in [2.45, 2.75) is 19.3 Å². The molecule has 132 valence electrons. The van der Waals surface area contributed by atoms with Gasteiger partial charge in [-0.15, -0.1) is 0 Å². The summed E-state index contributed by atoms with van der Waals surface area (Å²) in [5.74, 6) is -0.362. The predicted molar refractivity (Wildman–Crippen MR) is 102 cm³/mol. The number of carbonyl (C=O) groups is 2. The van der Waals surface area contributed by atoms with E-state index in [0.717, 1.165) is 24.0 Å². The first-order valence-electron chi connectivity index (χ1n) is 8.92. The lowest BCUT2D eigenvalue weighted by atomic mass is 10.1. The standard InChI is InChI=1S/C21H21N3O2/c25-20(13-21(26)24-12-10-15-5-1-4-8-19(15)24)22-11-9-16-14-23-18-7-3-2-6-17(16)18/h1-8,14,23H,9-13H2,(H,22,25). The Hall–Kier alpha value is -3.08. The number of nitrogens with zero attached hydrogens (tertiary/aromatic N) is 1. The number of aromatic nitrogens is 1. The summed E-state index contributed by atoms with van der Waals surface area (Å²) in [5.41, 5.74) is 4.36. The van der Waals surface area contributed by atoms with Gasteiger partial charge in [0, 0.05) is 35.9 Å². The molecule has 0 saturated heterocycles. The van der Waals surface area contributed by atoms with Crippen LogP contribution in [-0.2, 0) is 22.4 Å². The van der Waals surface area contributed by atoms with Crippen molar-refractivity contribution in [1.82, 2.24) is 10.3 Å². The van der Waals surface area contributed by atoms with Gasteiger partial charge >= 0.3 is 0 Å². The van der Waals surface area contributed by atoms with Crippen molar-refractivity contribution in [3.8, 4) is 0 Å². The summed E-state index contributed by atoms with van der Waals surface area (Å²) in [6, 6.07) is 16.0. The summed E-state index contributed by atoms with van der Waals surface area (Å²) in [7, 11) is 0. The van der Waals surface area contributed by atoms with Crippen LogP contribution in [0.3, 0.4) is 0 Å². The van der Waals surface area contributed by atoms with E-state index in [4.69, 9.17) is 0 Å². The second-order valence-electron chi connectivity index (χ2n) is 6.56. The maximum atomic E-state index is 12.4. The molecule has 4 rings (SSSR count). The van der Waals surface area contributed by atoms with Crippen LogP contribution in [0.25, 0.3) is 10.9 Å². The van der Waals surface area contributed by atoms with Crippen molar-refractivity contribution < 1.29 is 9.59 Å². The van der Waals surface area contributed by atoms with Gasteiger partial charge in [0.25, 0.3) is 0 Å². The Kier molecular flexibility index (Phi) is 4.44. The molecule has 0 radical (unpaired) electrons. The number of nitrogens with one attached hydrogen (secondary N) is 2. The van der Waals surface area contributed by atoms with E-state index in [0.29, 0.717) is 13.1 Å². The largest absolute Gasteiger partial charge is 0.361 e. The third-order valence-electron chi connectivity index (χ3n) is 4.89. The SMILES string of the molecule is O=C(CC(=O)N1CCc2ccccc21)NCCc1c[nH]c2ccccc12. The first kappa shape index (κ1) is 16.4. The second kappa shape index (κ2) is 7.04. The Balaban J connectivity index is 1.30. The van der Waals surface area contributed by atoms with E-state index in [2.05, 4.69) is 16.4 Å². The minimum absolute atomic E-state index is 0.109. The van der Waals surface area contributed by atoms with Crippen molar-refractivity contribution in [3.63, 3.8) is 0 Å². The summed E-state index contributed by atoms with van der Waals surface area (Å²) < 4.78 is 0. The first-order valence-corrected chi connectivity index (χ1v) is 8.92. The van der Waals surface area contributed by atoms with Crippen LogP contribution < -0.4 is 10.2 Å². The van der Waals surface area contributed by atoms with E-state index in [-0.39, 0.29) is 18.2 Å². The molecule has 0 fully saturated rings. The minimum atomic E-state index is -0.223. The third kappa shape index (κ3) is 3.20. The molecule has 5 heteroatoms. The zero-order valence-corrected chi connectivity index (χ0v) is 14.5. The molecule has 1 aromatic heterocycles. The fraction of sp³-hybridized carbons (Fsp3) is 0.238. The van der Waals surface area contributed by atoms with Crippen LogP contribution in [0.5, 0.6) is 0 Å². The molecular weight excluding hydrogens is 326 g/mol. The molecule has 0 unspecified atom stereocenters. The molecular formula is C21H21N3O2. The molecule has 0 aliphatic carbocycles. The average Bonchev–Trinajstić information content (AvgIpc) is 3.26. The van der Waals surface area contributed by atoms with Crippen LogP contribution in [0.2, 0.25) is 0 Å². The van der Waals surface area contributed by atoms with Gasteiger partial charge in [0.1, 0.15) is 6.42 Å². The summed E-state index contributed by atoms with van der Waals surface area (Å²) in [4.78, 5) is 29.5. The minimum Gasteiger partial charge on any atom is -0.361 e. The summed E-state index contributed by atoms with van der Waals surface area (Å²) in [5, 5.41) is 4.04. The molecule has 0 bridgehead atoms. The van der Waals surface area contributed by atoms with Gasteiger partial charge in [-0.25, -0.2) is 0 Å². The molecule has 2 aromatic carbocycles. The van der Waals surface area contributed by atoms with Crippen LogP contribution in [0.1, 0.15) is 17.5 Å². The number of benzene rings is 2. The Morgan fingerprint density at radius 1 is 1.08 bits per heavy atom. The lowest BCUT2D eigenvalue weighted by Crippen LogP contribution is -2.35. The van der Waals surface area contributed by atoms with Gasteiger partial charge in [-0.1, -0.05) is 36.4 Å². The number of anilines is 1. The second-order valence-corrected chi connectivity index (χ2v) is 6.56. The van der Waals surface area contributed by atoms with E-state index >= 15 is 0 Å². The fourth-order valence-electron chi connectivity index (χ4n) is 3.57. The molecule has 2 N–H and O–H groups in total. The topological polar surface area (TPSA) is 65.2 Å². The number of para-hydroxylation sites is 2.